The highest BCUT2D eigenvalue weighted by Gasteiger charge is 2.15. The summed E-state index contributed by atoms with van der Waals surface area (Å²) in [5, 5.41) is 10.2. The molecule has 4 aromatic rings. The fraction of sp³-hybridized carbons (Fsp3) is 0.0800. The van der Waals surface area contributed by atoms with Gasteiger partial charge in [-0.05, 0) is 59.3 Å². The zero-order valence-corrected chi connectivity index (χ0v) is 20.4. The maximum absolute atomic E-state index is 12.5. The molecular formula is C25H19BrN4O3S. The van der Waals surface area contributed by atoms with Crippen molar-refractivity contribution in [3.8, 4) is 22.8 Å². The van der Waals surface area contributed by atoms with E-state index in [-0.39, 0.29) is 12.7 Å². The molecule has 0 unspecified atom stereocenters. The lowest BCUT2D eigenvalue weighted by molar-refractivity contribution is 0.0955. The number of carbonyl (C=O) groups excluding carboxylic acids is 1. The van der Waals surface area contributed by atoms with Crippen molar-refractivity contribution < 1.29 is 14.3 Å². The topological polar surface area (TPSA) is 84.8 Å². The molecule has 3 aromatic carbocycles. The van der Waals surface area contributed by atoms with Gasteiger partial charge in [0.2, 0.25) is 6.79 Å². The fourth-order valence-corrected chi connectivity index (χ4v) is 4.44. The van der Waals surface area contributed by atoms with Gasteiger partial charge in [-0.25, -0.2) is 10.4 Å². The van der Waals surface area contributed by atoms with Gasteiger partial charge in [0.15, 0.2) is 16.6 Å². The number of thiazole rings is 1. The number of hydrogen-bond acceptors (Lipinski definition) is 7. The maximum atomic E-state index is 12.5. The average Bonchev–Trinajstić information content (AvgIpc) is 3.50. The summed E-state index contributed by atoms with van der Waals surface area (Å²) in [6.07, 6.45) is 1.55. The van der Waals surface area contributed by atoms with E-state index < -0.39 is 0 Å². The third kappa shape index (κ3) is 4.95. The Hall–Kier alpha value is -3.69. The summed E-state index contributed by atoms with van der Waals surface area (Å²) in [6, 6.07) is 19.0. The lowest BCUT2D eigenvalue weighted by atomic mass is 10.1. The number of amides is 1. The first-order chi connectivity index (χ1) is 16.5. The molecule has 1 aromatic heterocycles. The third-order valence-electron chi connectivity index (χ3n) is 5.11. The zero-order valence-electron chi connectivity index (χ0n) is 18.0. The highest BCUT2D eigenvalue weighted by Crippen LogP contribution is 2.36. The molecule has 170 valence electrons. The van der Waals surface area contributed by atoms with Crippen LogP contribution in [0.15, 0.2) is 75.6 Å². The van der Waals surface area contributed by atoms with Crippen molar-refractivity contribution in [2.75, 3.05) is 12.1 Å². The molecule has 1 aliphatic rings. The first-order valence-electron chi connectivity index (χ1n) is 10.4. The van der Waals surface area contributed by atoms with E-state index in [2.05, 4.69) is 55.8 Å². The van der Waals surface area contributed by atoms with Gasteiger partial charge in [-0.2, -0.15) is 5.10 Å². The van der Waals surface area contributed by atoms with Crippen LogP contribution in [0.3, 0.4) is 0 Å². The minimum absolute atomic E-state index is 0.195. The number of halogens is 1. The fourth-order valence-electron chi connectivity index (χ4n) is 3.27. The van der Waals surface area contributed by atoms with Gasteiger partial charge in [0.25, 0.3) is 5.91 Å². The summed E-state index contributed by atoms with van der Waals surface area (Å²) < 4.78 is 11.5. The largest absolute Gasteiger partial charge is 0.454 e. The van der Waals surface area contributed by atoms with Crippen molar-refractivity contribution in [1.82, 2.24) is 10.4 Å². The Labute approximate surface area is 208 Å². The summed E-state index contributed by atoms with van der Waals surface area (Å²) in [4.78, 5) is 17.1. The molecule has 5 rings (SSSR count). The molecule has 0 fully saturated rings. The third-order valence-corrected chi connectivity index (χ3v) is 6.56. The van der Waals surface area contributed by atoms with Crippen LogP contribution >= 0.6 is 27.3 Å². The lowest BCUT2D eigenvalue weighted by Gasteiger charge is -2.04. The van der Waals surface area contributed by atoms with Crippen molar-refractivity contribution in [3.05, 3.63) is 87.2 Å². The van der Waals surface area contributed by atoms with Gasteiger partial charge in [-0.15, -0.1) is 11.3 Å². The number of nitrogens with one attached hydrogen (secondary N) is 2. The molecule has 0 saturated heterocycles. The molecule has 0 aliphatic carbocycles. The van der Waals surface area contributed by atoms with E-state index in [1.54, 1.807) is 24.4 Å². The maximum Gasteiger partial charge on any atom is 0.271 e. The molecule has 0 bridgehead atoms. The van der Waals surface area contributed by atoms with Crippen LogP contribution in [0.25, 0.3) is 11.3 Å². The Kier molecular flexibility index (Phi) is 6.29. The molecular weight excluding hydrogens is 516 g/mol. The van der Waals surface area contributed by atoms with Crippen molar-refractivity contribution in [3.63, 3.8) is 0 Å². The van der Waals surface area contributed by atoms with Gasteiger partial charge in [-0.3, -0.25) is 4.79 Å². The Morgan fingerprint density at radius 3 is 2.59 bits per heavy atom. The molecule has 7 nitrogen and oxygen atoms in total. The quantitative estimate of drug-likeness (QED) is 0.230. The van der Waals surface area contributed by atoms with Crippen molar-refractivity contribution in [1.29, 1.82) is 0 Å². The predicted octanol–water partition coefficient (Wildman–Crippen LogP) is 6.12. The van der Waals surface area contributed by atoms with Gasteiger partial charge >= 0.3 is 0 Å². The number of carbonyl (C=O) groups is 1. The second-order valence-corrected chi connectivity index (χ2v) is 9.24. The minimum atomic E-state index is -0.306. The van der Waals surface area contributed by atoms with Crippen molar-refractivity contribution in [2.24, 2.45) is 5.10 Å². The average molecular weight is 535 g/mol. The molecule has 1 aliphatic heterocycles. The van der Waals surface area contributed by atoms with E-state index in [0.717, 1.165) is 32.1 Å². The van der Waals surface area contributed by atoms with E-state index >= 15 is 0 Å². The number of hydrazone groups is 1. The number of nitrogens with zero attached hydrogens (tertiary/aromatic N) is 2. The van der Waals surface area contributed by atoms with Crippen molar-refractivity contribution in [2.45, 2.75) is 6.92 Å². The SMILES string of the molecule is Cc1ccc(Nc2nc(-c3ccc(C(=O)N/N=C\c4cc5c(cc4Br)OCO5)cc3)cs2)cc1. The Balaban J connectivity index is 1.21. The summed E-state index contributed by atoms with van der Waals surface area (Å²) in [5.41, 5.74) is 7.79. The first-order valence-corrected chi connectivity index (χ1v) is 12.0. The molecule has 0 saturated carbocycles. The van der Waals surface area contributed by atoms with Crippen LogP contribution in [0.1, 0.15) is 21.5 Å². The number of aryl methyl sites for hydroxylation is 1. The lowest BCUT2D eigenvalue weighted by Crippen LogP contribution is -2.17. The molecule has 0 radical (unpaired) electrons. The van der Waals surface area contributed by atoms with E-state index in [1.165, 1.54) is 16.9 Å². The number of rotatable bonds is 6. The van der Waals surface area contributed by atoms with Gasteiger partial charge in [-0.1, -0.05) is 29.8 Å². The van der Waals surface area contributed by atoms with Gasteiger partial charge in [0, 0.05) is 32.2 Å². The molecule has 34 heavy (non-hydrogen) atoms. The van der Waals surface area contributed by atoms with E-state index in [4.69, 9.17) is 9.47 Å². The van der Waals surface area contributed by atoms with Crippen molar-refractivity contribution >= 4 is 50.2 Å². The number of aromatic nitrogens is 1. The second-order valence-electron chi connectivity index (χ2n) is 7.53. The summed E-state index contributed by atoms with van der Waals surface area (Å²) in [5.74, 6) is 1.01. The van der Waals surface area contributed by atoms with Crippen LogP contribution in [0, 0.1) is 6.92 Å². The van der Waals surface area contributed by atoms with Crippen LogP contribution in [0.4, 0.5) is 10.8 Å². The highest BCUT2D eigenvalue weighted by atomic mass is 79.9. The standard InChI is InChI=1S/C25H19BrN4O3S/c1-15-2-8-19(9-3-15)28-25-29-21(13-34-25)16-4-6-17(7-5-16)24(31)30-27-12-18-10-22-23(11-20(18)26)33-14-32-22/h2-13H,14H2,1H3,(H,28,29)(H,30,31)/b27-12-. The molecule has 0 spiro atoms. The minimum Gasteiger partial charge on any atom is -0.454 e. The van der Waals surface area contributed by atoms with E-state index in [0.29, 0.717) is 17.1 Å². The smallest absolute Gasteiger partial charge is 0.271 e. The molecule has 1 amide bonds. The highest BCUT2D eigenvalue weighted by molar-refractivity contribution is 9.10. The second kappa shape index (κ2) is 9.66. The number of fused-ring (bicyclic) bond motifs is 1. The number of benzene rings is 3. The molecule has 2 heterocycles. The monoisotopic (exact) mass is 534 g/mol. The summed E-state index contributed by atoms with van der Waals surface area (Å²) in [7, 11) is 0. The zero-order chi connectivity index (χ0) is 23.5. The Morgan fingerprint density at radius 2 is 1.82 bits per heavy atom. The van der Waals surface area contributed by atoms with Crippen LogP contribution < -0.4 is 20.2 Å². The summed E-state index contributed by atoms with van der Waals surface area (Å²) in [6.45, 7) is 2.25. The van der Waals surface area contributed by atoms with Crippen LogP contribution in [0.2, 0.25) is 0 Å². The predicted molar refractivity (Wildman–Crippen MR) is 137 cm³/mol. The van der Waals surface area contributed by atoms with Crippen LogP contribution in [0.5, 0.6) is 11.5 Å². The number of anilines is 2. The Morgan fingerprint density at radius 1 is 1.09 bits per heavy atom. The Bertz CT molecular complexity index is 1370. The van der Waals surface area contributed by atoms with Gasteiger partial charge in [0.1, 0.15) is 0 Å². The van der Waals surface area contributed by atoms with E-state index in [9.17, 15) is 4.79 Å². The van der Waals surface area contributed by atoms with E-state index in [1.807, 2.05) is 35.7 Å². The molecule has 0 atom stereocenters. The molecule has 2 N–H and O–H groups in total. The van der Waals surface area contributed by atoms with Crippen LogP contribution in [-0.2, 0) is 0 Å². The number of ether oxygens (including phenoxy) is 2. The summed E-state index contributed by atoms with van der Waals surface area (Å²) >= 11 is 5.00. The number of hydrogen-bond donors (Lipinski definition) is 2. The normalized spacial score (nSPS) is 12.2. The van der Waals surface area contributed by atoms with Crippen LogP contribution in [-0.4, -0.2) is 23.9 Å². The molecule has 9 heteroatoms. The van der Waals surface area contributed by atoms with Gasteiger partial charge in [0.05, 0.1) is 11.9 Å². The first kappa shape index (κ1) is 22.1. The van der Waals surface area contributed by atoms with Gasteiger partial charge < -0.3 is 14.8 Å².